The van der Waals surface area contributed by atoms with E-state index in [0.717, 1.165) is 11.1 Å². The molecule has 4 rings (SSSR count). The zero-order valence-corrected chi connectivity index (χ0v) is 17.3. The van der Waals surface area contributed by atoms with Gasteiger partial charge in [-0.15, -0.1) is 0 Å². The van der Waals surface area contributed by atoms with Crippen LogP contribution in [0.3, 0.4) is 0 Å². The van der Waals surface area contributed by atoms with Crippen LogP contribution in [0.4, 0.5) is 10.5 Å². The van der Waals surface area contributed by atoms with Gasteiger partial charge in [0.15, 0.2) is 0 Å². The van der Waals surface area contributed by atoms with E-state index in [1.54, 1.807) is 0 Å². The number of aromatic carboxylic acids is 1. The topological polar surface area (TPSA) is 78.5 Å². The van der Waals surface area contributed by atoms with Gasteiger partial charge in [-0.1, -0.05) is 60.7 Å². The number of carbonyl (C=O) groups excluding carboxylic acids is 2. The third kappa shape index (κ3) is 3.97. The first-order valence-electron chi connectivity index (χ1n) is 8.57. The number of rotatable bonds is 4. The summed E-state index contributed by atoms with van der Waals surface area (Å²) in [5.74, 6) is -1.27. The molecule has 0 spiro atoms. The molecule has 1 N–H and O–H groups in total. The Balaban J connectivity index is 0.00000225. The van der Waals surface area contributed by atoms with E-state index in [4.69, 9.17) is 4.74 Å². The van der Waals surface area contributed by atoms with Crippen LogP contribution in [0.25, 0.3) is 11.1 Å². The van der Waals surface area contributed by atoms with Crippen LogP contribution in [0.2, 0.25) is 0 Å². The van der Waals surface area contributed by atoms with Gasteiger partial charge in [0.25, 0.3) is 0 Å². The number of nitrogens with one attached hydrogen (secondary N) is 1. The van der Waals surface area contributed by atoms with Crippen molar-refractivity contribution < 1.29 is 49.0 Å². The number of hydrogen-bond acceptors (Lipinski definition) is 4. The van der Waals surface area contributed by atoms with Crippen LogP contribution in [-0.2, 0) is 4.74 Å². The van der Waals surface area contributed by atoms with E-state index in [1.165, 1.54) is 35.4 Å². The number of amides is 1. The number of carboxylic acid groups (broad SMARTS) is 1. The molecule has 1 aliphatic rings. The molecule has 1 aliphatic carbocycles. The molecule has 134 valence electrons. The second-order valence-corrected chi connectivity index (χ2v) is 6.32. The van der Waals surface area contributed by atoms with Crippen LogP contribution in [0, 0.1) is 0 Å². The zero-order chi connectivity index (χ0) is 18.8. The minimum Gasteiger partial charge on any atom is -0.545 e. The van der Waals surface area contributed by atoms with E-state index in [0.29, 0.717) is 5.69 Å². The van der Waals surface area contributed by atoms with Gasteiger partial charge in [0, 0.05) is 11.6 Å². The first kappa shape index (κ1) is 20.1. The van der Waals surface area contributed by atoms with E-state index in [-0.39, 0.29) is 47.6 Å². The predicted molar refractivity (Wildman–Crippen MR) is 99.5 cm³/mol. The SMILES string of the molecule is O=C(Nc1ccc(C(=O)[O-])cc1)OCC1c2ccccc2-c2ccccc21.[Na+]. The van der Waals surface area contributed by atoms with E-state index in [9.17, 15) is 14.7 Å². The molecule has 6 heteroatoms. The molecule has 0 aromatic heterocycles. The second kappa shape index (κ2) is 8.61. The van der Waals surface area contributed by atoms with Crippen LogP contribution in [-0.4, -0.2) is 18.7 Å². The first-order valence-corrected chi connectivity index (χ1v) is 8.57. The molecule has 0 heterocycles. The fourth-order valence-corrected chi connectivity index (χ4v) is 3.44. The Bertz CT molecular complexity index is 972. The van der Waals surface area contributed by atoms with Crippen LogP contribution < -0.4 is 40.0 Å². The summed E-state index contributed by atoms with van der Waals surface area (Å²) in [6, 6.07) is 22.0. The van der Waals surface area contributed by atoms with E-state index >= 15 is 0 Å². The zero-order valence-electron chi connectivity index (χ0n) is 15.3. The van der Waals surface area contributed by atoms with Crippen molar-refractivity contribution in [1.29, 1.82) is 0 Å². The van der Waals surface area contributed by atoms with Crippen molar-refractivity contribution in [2.75, 3.05) is 11.9 Å². The quantitative estimate of drug-likeness (QED) is 0.665. The maximum atomic E-state index is 12.1. The molecule has 0 bridgehead atoms. The minimum atomic E-state index is -1.26. The normalized spacial score (nSPS) is 11.7. The molecule has 0 radical (unpaired) electrons. The van der Waals surface area contributed by atoms with Crippen molar-refractivity contribution in [1.82, 2.24) is 0 Å². The molecular formula is C22H16NNaO4. The number of benzene rings is 3. The summed E-state index contributed by atoms with van der Waals surface area (Å²) in [5, 5.41) is 13.4. The molecule has 0 atom stereocenters. The molecule has 0 unspecified atom stereocenters. The van der Waals surface area contributed by atoms with Crippen molar-refractivity contribution in [3.05, 3.63) is 89.5 Å². The van der Waals surface area contributed by atoms with Gasteiger partial charge in [-0.05, 0) is 39.9 Å². The van der Waals surface area contributed by atoms with Gasteiger partial charge >= 0.3 is 35.7 Å². The molecule has 0 fully saturated rings. The van der Waals surface area contributed by atoms with Crippen LogP contribution in [0.1, 0.15) is 27.4 Å². The Labute approximate surface area is 184 Å². The molecule has 5 nitrogen and oxygen atoms in total. The Morgan fingerprint density at radius 1 is 0.857 bits per heavy atom. The van der Waals surface area contributed by atoms with Gasteiger partial charge in [0.05, 0.1) is 5.97 Å². The molecule has 0 saturated carbocycles. The van der Waals surface area contributed by atoms with Gasteiger partial charge in [-0.25, -0.2) is 4.79 Å². The average Bonchev–Trinajstić information content (AvgIpc) is 3.01. The molecule has 3 aromatic rings. The summed E-state index contributed by atoms with van der Waals surface area (Å²) in [5.41, 5.74) is 5.12. The average molecular weight is 381 g/mol. The molecule has 1 amide bonds. The summed E-state index contributed by atoms with van der Waals surface area (Å²) in [4.78, 5) is 22.9. The smallest absolute Gasteiger partial charge is 0.545 e. The molecule has 0 saturated heterocycles. The standard InChI is InChI=1S/C22H17NO4.Na/c24-21(25)14-9-11-15(12-10-14)23-22(26)27-13-20-18-7-3-1-5-16(18)17-6-2-4-8-19(17)20;/h1-12,20H,13H2,(H,23,26)(H,24,25);/q;+1/p-1. The van der Waals surface area contributed by atoms with Crippen molar-refractivity contribution >= 4 is 17.7 Å². The van der Waals surface area contributed by atoms with Crippen LogP contribution in [0.5, 0.6) is 0 Å². The van der Waals surface area contributed by atoms with Gasteiger partial charge in [-0.3, -0.25) is 5.32 Å². The summed E-state index contributed by atoms with van der Waals surface area (Å²) < 4.78 is 5.44. The molecule has 0 aliphatic heterocycles. The van der Waals surface area contributed by atoms with Gasteiger partial charge < -0.3 is 14.6 Å². The van der Waals surface area contributed by atoms with E-state index in [1.807, 2.05) is 24.3 Å². The van der Waals surface area contributed by atoms with E-state index in [2.05, 4.69) is 29.6 Å². The number of hydrogen-bond donors (Lipinski definition) is 1. The Kier molecular flexibility index (Phi) is 6.19. The summed E-state index contributed by atoms with van der Waals surface area (Å²) >= 11 is 0. The number of anilines is 1. The fraction of sp³-hybridized carbons (Fsp3) is 0.0909. The Morgan fingerprint density at radius 2 is 1.39 bits per heavy atom. The predicted octanol–water partition coefficient (Wildman–Crippen LogP) is 0.415. The third-order valence-electron chi connectivity index (χ3n) is 4.71. The molecular weight excluding hydrogens is 365 g/mol. The van der Waals surface area contributed by atoms with Gasteiger partial charge in [0.1, 0.15) is 6.61 Å². The number of fused-ring (bicyclic) bond motifs is 3. The van der Waals surface area contributed by atoms with Crippen molar-refractivity contribution in [2.45, 2.75) is 5.92 Å². The Morgan fingerprint density at radius 3 is 1.93 bits per heavy atom. The van der Waals surface area contributed by atoms with Gasteiger partial charge in [-0.2, -0.15) is 0 Å². The van der Waals surface area contributed by atoms with Crippen LogP contribution in [0.15, 0.2) is 72.8 Å². The van der Waals surface area contributed by atoms with Crippen molar-refractivity contribution in [2.24, 2.45) is 0 Å². The largest absolute Gasteiger partial charge is 1.00 e. The maximum absolute atomic E-state index is 12.1. The van der Waals surface area contributed by atoms with Gasteiger partial charge in [0.2, 0.25) is 0 Å². The fourth-order valence-electron chi connectivity index (χ4n) is 3.44. The van der Waals surface area contributed by atoms with E-state index < -0.39 is 12.1 Å². The van der Waals surface area contributed by atoms with Crippen LogP contribution >= 0.6 is 0 Å². The monoisotopic (exact) mass is 381 g/mol. The number of carbonyl (C=O) groups is 2. The van der Waals surface area contributed by atoms with Crippen molar-refractivity contribution in [3.8, 4) is 11.1 Å². The summed E-state index contributed by atoms with van der Waals surface area (Å²) in [6.45, 7) is 0.219. The molecule has 3 aromatic carbocycles. The second-order valence-electron chi connectivity index (χ2n) is 6.32. The Hall–Kier alpha value is -2.60. The maximum Gasteiger partial charge on any atom is 1.00 e. The first-order chi connectivity index (χ1) is 13.1. The number of carboxylic acids is 1. The van der Waals surface area contributed by atoms with Crippen molar-refractivity contribution in [3.63, 3.8) is 0 Å². The molecule has 28 heavy (non-hydrogen) atoms. The summed E-state index contributed by atoms with van der Waals surface area (Å²) in [6.07, 6.45) is -0.585. The number of ether oxygens (including phenoxy) is 1. The summed E-state index contributed by atoms with van der Waals surface area (Å²) in [7, 11) is 0. The minimum absolute atomic E-state index is 0. The third-order valence-corrected chi connectivity index (χ3v) is 4.71.